The molecule has 206 valence electrons. The summed E-state index contributed by atoms with van der Waals surface area (Å²) in [6, 6.07) is 40.5. The number of hydrogen-bond acceptors (Lipinski definition) is 6. The van der Waals surface area contributed by atoms with Crippen LogP contribution in [0.15, 0.2) is 126 Å². The minimum absolute atomic E-state index is 0.194. The molecule has 1 heterocycles. The van der Waals surface area contributed by atoms with E-state index in [4.69, 9.17) is 18.9 Å². The normalized spacial score (nSPS) is 19.2. The van der Waals surface area contributed by atoms with Crippen molar-refractivity contribution in [3.8, 4) is 0 Å². The van der Waals surface area contributed by atoms with E-state index in [1.165, 1.54) is 18.7 Å². The van der Waals surface area contributed by atoms with Crippen LogP contribution in [0.2, 0.25) is 0 Å². The highest BCUT2D eigenvalue weighted by Crippen LogP contribution is 2.43. The highest BCUT2D eigenvalue weighted by Gasteiger charge is 2.49. The second-order valence-electron chi connectivity index (χ2n) is 10.1. The van der Waals surface area contributed by atoms with Crippen LogP contribution in [0.25, 0.3) is 0 Å². The fourth-order valence-corrected chi connectivity index (χ4v) is 6.28. The van der Waals surface area contributed by atoms with Gasteiger partial charge >= 0.3 is 5.97 Å². The Labute approximate surface area is 240 Å². The van der Waals surface area contributed by atoms with E-state index in [9.17, 15) is 4.79 Å². The average molecular weight is 555 g/mol. The monoisotopic (exact) mass is 554 g/mol. The first kappa shape index (κ1) is 28.1. The zero-order valence-electron chi connectivity index (χ0n) is 22.9. The fraction of sp³-hybridized carbons (Fsp3) is 0.265. The molecule has 0 saturated carbocycles. The van der Waals surface area contributed by atoms with Gasteiger partial charge in [-0.15, -0.1) is 0 Å². The van der Waals surface area contributed by atoms with Crippen LogP contribution in [0.1, 0.15) is 37.5 Å². The molecule has 0 aliphatic carbocycles. The number of hydrogen-bond donors (Lipinski definition) is 0. The number of carbonyl (C=O) groups excluding carboxylic acids is 1. The molecule has 0 N–H and O–H groups in total. The van der Waals surface area contributed by atoms with Crippen molar-refractivity contribution in [1.29, 1.82) is 0 Å². The van der Waals surface area contributed by atoms with E-state index in [1.54, 1.807) is 0 Å². The zero-order valence-corrected chi connectivity index (χ0v) is 23.8. The molecule has 5 nitrogen and oxygen atoms in total. The van der Waals surface area contributed by atoms with Gasteiger partial charge in [-0.2, -0.15) is 0 Å². The number of carbonyl (C=O) groups is 1. The molecule has 4 aromatic carbocycles. The third-order valence-electron chi connectivity index (χ3n) is 6.77. The summed E-state index contributed by atoms with van der Waals surface area (Å²) in [7, 11) is 0. The Bertz CT molecular complexity index is 1270. The molecule has 5 rings (SSSR count). The lowest BCUT2D eigenvalue weighted by molar-refractivity contribution is -0.163. The van der Waals surface area contributed by atoms with Crippen molar-refractivity contribution >= 4 is 17.7 Å². The Morgan fingerprint density at radius 1 is 0.775 bits per heavy atom. The highest BCUT2D eigenvalue weighted by atomic mass is 32.2. The van der Waals surface area contributed by atoms with Crippen LogP contribution >= 0.6 is 11.8 Å². The molecule has 6 heteroatoms. The molecule has 3 atom stereocenters. The molecule has 4 aromatic rings. The van der Waals surface area contributed by atoms with Gasteiger partial charge in [0.05, 0.1) is 6.61 Å². The van der Waals surface area contributed by atoms with E-state index >= 15 is 0 Å². The third kappa shape index (κ3) is 6.31. The van der Waals surface area contributed by atoms with Crippen LogP contribution in [0.3, 0.4) is 0 Å². The maximum atomic E-state index is 12.2. The van der Waals surface area contributed by atoms with Crippen molar-refractivity contribution in [2.45, 2.75) is 54.7 Å². The molecule has 0 bridgehead atoms. The zero-order chi connectivity index (χ0) is 28.0. The molecule has 0 aromatic heterocycles. The van der Waals surface area contributed by atoms with E-state index in [0.29, 0.717) is 0 Å². The van der Waals surface area contributed by atoms with E-state index in [0.717, 1.165) is 21.6 Å². The van der Waals surface area contributed by atoms with E-state index < -0.39 is 29.0 Å². The standard InChI is InChI=1S/C34H34O5S/c1-25(35)37-32(40-29-22-14-7-15-23-29)31-30(38-33(2,3)39-31)24-36-34(26-16-8-4-9-17-26,27-18-10-5-11-19-27)28-20-12-6-13-21-28/h4-23,30-32H,24H2,1-3H3/t30-,31-,32?/m1/s1. The van der Waals surface area contributed by atoms with Crippen LogP contribution in [0.5, 0.6) is 0 Å². The van der Waals surface area contributed by atoms with Gasteiger partial charge in [0.2, 0.25) is 0 Å². The Morgan fingerprint density at radius 2 is 1.23 bits per heavy atom. The molecule has 0 spiro atoms. The van der Waals surface area contributed by atoms with Crippen molar-refractivity contribution in [2.75, 3.05) is 6.61 Å². The van der Waals surface area contributed by atoms with Crippen molar-refractivity contribution in [1.82, 2.24) is 0 Å². The van der Waals surface area contributed by atoms with Gasteiger partial charge in [0.1, 0.15) is 17.8 Å². The molecule has 1 fully saturated rings. The Kier molecular flexibility index (Phi) is 8.72. The van der Waals surface area contributed by atoms with Crippen LogP contribution in [-0.4, -0.2) is 36.0 Å². The summed E-state index contributed by atoms with van der Waals surface area (Å²) in [5.41, 5.74) is 1.45. The number of rotatable bonds is 10. The largest absolute Gasteiger partial charge is 0.448 e. The number of esters is 1. The lowest BCUT2D eigenvalue weighted by Gasteiger charge is -2.37. The van der Waals surface area contributed by atoms with Crippen molar-refractivity contribution in [2.24, 2.45) is 0 Å². The molecule has 0 radical (unpaired) electrons. The first-order chi connectivity index (χ1) is 19.4. The van der Waals surface area contributed by atoms with Crippen LogP contribution in [0.4, 0.5) is 0 Å². The fourth-order valence-electron chi connectivity index (χ4n) is 5.15. The molecular weight excluding hydrogens is 520 g/mol. The Hall–Kier alpha value is -3.42. The smallest absolute Gasteiger partial charge is 0.303 e. The molecule has 1 unspecified atom stereocenters. The minimum Gasteiger partial charge on any atom is -0.448 e. The van der Waals surface area contributed by atoms with Crippen LogP contribution < -0.4 is 0 Å². The van der Waals surface area contributed by atoms with Crippen LogP contribution in [-0.2, 0) is 29.3 Å². The summed E-state index contributed by atoms with van der Waals surface area (Å²) < 4.78 is 25.6. The van der Waals surface area contributed by atoms with Crippen molar-refractivity contribution in [3.05, 3.63) is 138 Å². The minimum atomic E-state index is -0.909. The predicted molar refractivity (Wildman–Crippen MR) is 157 cm³/mol. The first-order valence-electron chi connectivity index (χ1n) is 13.4. The first-order valence-corrected chi connectivity index (χ1v) is 14.3. The second-order valence-corrected chi connectivity index (χ2v) is 11.3. The van der Waals surface area contributed by atoms with Gasteiger partial charge in [0.15, 0.2) is 11.2 Å². The van der Waals surface area contributed by atoms with Crippen LogP contribution in [0, 0.1) is 0 Å². The summed E-state index contributed by atoms with van der Waals surface area (Å²) in [5.74, 6) is -1.27. The van der Waals surface area contributed by atoms with Crippen molar-refractivity contribution in [3.63, 3.8) is 0 Å². The summed E-state index contributed by atoms with van der Waals surface area (Å²) in [5, 5.41) is 0. The molecule has 40 heavy (non-hydrogen) atoms. The number of benzene rings is 4. The lowest BCUT2D eigenvalue weighted by atomic mass is 9.80. The molecule has 1 saturated heterocycles. The maximum Gasteiger partial charge on any atom is 0.303 e. The molecule has 1 aliphatic heterocycles. The Morgan fingerprint density at radius 3 is 1.68 bits per heavy atom. The quantitative estimate of drug-likeness (QED) is 0.0895. The number of ether oxygens (including phenoxy) is 4. The van der Waals surface area contributed by atoms with Gasteiger partial charge in [-0.25, -0.2) is 0 Å². The van der Waals surface area contributed by atoms with Gasteiger partial charge in [-0.05, 0) is 42.7 Å². The van der Waals surface area contributed by atoms with E-state index in [2.05, 4.69) is 36.4 Å². The maximum absolute atomic E-state index is 12.2. The molecule has 1 aliphatic rings. The predicted octanol–water partition coefficient (Wildman–Crippen LogP) is 7.20. The Balaban J connectivity index is 1.53. The van der Waals surface area contributed by atoms with Gasteiger partial charge in [-0.3, -0.25) is 4.79 Å². The van der Waals surface area contributed by atoms with E-state index in [1.807, 2.05) is 98.8 Å². The topological polar surface area (TPSA) is 54.0 Å². The van der Waals surface area contributed by atoms with E-state index in [-0.39, 0.29) is 12.6 Å². The molecule has 0 amide bonds. The summed E-state index contributed by atoms with van der Waals surface area (Å²) in [4.78, 5) is 13.1. The van der Waals surface area contributed by atoms with Gasteiger partial charge < -0.3 is 18.9 Å². The van der Waals surface area contributed by atoms with Gasteiger partial charge in [-0.1, -0.05) is 121 Å². The van der Waals surface area contributed by atoms with Gasteiger partial charge in [0, 0.05) is 11.8 Å². The molecular formula is C34H34O5S. The number of thioether (sulfide) groups is 1. The summed E-state index contributed by atoms with van der Waals surface area (Å²) >= 11 is 1.44. The SMILES string of the molecule is CC(=O)OC(Sc1ccccc1)[C@@H]1OC(C)(C)O[C@@H]1COC(c1ccccc1)(c1ccccc1)c1ccccc1. The highest BCUT2D eigenvalue weighted by molar-refractivity contribution is 7.99. The second kappa shape index (κ2) is 12.4. The third-order valence-corrected chi connectivity index (χ3v) is 7.91. The summed E-state index contributed by atoms with van der Waals surface area (Å²) in [6.07, 6.45) is -1.07. The average Bonchev–Trinajstić information content (AvgIpc) is 3.29. The van der Waals surface area contributed by atoms with Gasteiger partial charge in [0.25, 0.3) is 0 Å². The lowest BCUT2D eigenvalue weighted by Crippen LogP contribution is -2.42. The summed E-state index contributed by atoms with van der Waals surface area (Å²) in [6.45, 7) is 5.35. The van der Waals surface area contributed by atoms with Crippen molar-refractivity contribution < 1.29 is 23.7 Å².